The van der Waals surface area contributed by atoms with E-state index in [4.69, 9.17) is 9.84 Å². The van der Waals surface area contributed by atoms with E-state index < -0.39 is 0 Å². The summed E-state index contributed by atoms with van der Waals surface area (Å²) in [6.45, 7) is 4.76. The molecule has 0 aliphatic carbocycles. The largest absolute Gasteiger partial charge is 0.508 e. The first-order chi connectivity index (χ1) is 8.67. The molecule has 0 spiro atoms. The fraction of sp³-hybridized carbons (Fsp3) is 0.533. The monoisotopic (exact) mass is 273 g/mol. The minimum atomic E-state index is -0.315. The van der Waals surface area contributed by atoms with Gasteiger partial charge in [-0.25, -0.2) is 4.79 Å². The number of hydrogen-bond acceptors (Lipinski definition) is 3. The summed E-state index contributed by atoms with van der Waals surface area (Å²) in [6, 6.07) is 6.13. The van der Waals surface area contributed by atoms with E-state index in [2.05, 4.69) is 13.8 Å². The number of unbranched alkanes of at least 4 members (excludes halogenated alkanes) is 1. The minimum absolute atomic E-state index is 0. The summed E-state index contributed by atoms with van der Waals surface area (Å²) in [6.07, 6.45) is 4.48. The summed E-state index contributed by atoms with van der Waals surface area (Å²) < 4.78 is 5.30. The van der Waals surface area contributed by atoms with Gasteiger partial charge in [0.05, 0.1) is 12.2 Å². The van der Waals surface area contributed by atoms with E-state index in [0.29, 0.717) is 18.1 Å². The second kappa shape index (κ2) is 10.3. The Labute approximate surface area is 137 Å². The van der Waals surface area contributed by atoms with Crippen LogP contribution < -0.4 is 0 Å². The maximum absolute atomic E-state index is 11.7. The van der Waals surface area contributed by atoms with Crippen molar-refractivity contribution in [2.24, 2.45) is 5.92 Å². The quantitative estimate of drug-likeness (QED) is 0.612. The average molecular weight is 273 g/mol. The average Bonchev–Trinajstić information content (AvgIpc) is 2.39. The zero-order valence-electron chi connectivity index (χ0n) is 12.2. The van der Waals surface area contributed by atoms with Gasteiger partial charge in [0.2, 0.25) is 0 Å². The minimum Gasteiger partial charge on any atom is -0.508 e. The Kier molecular flexibility index (Phi) is 10.0. The summed E-state index contributed by atoms with van der Waals surface area (Å²) >= 11 is 0. The van der Waals surface area contributed by atoms with E-state index in [9.17, 15) is 4.79 Å². The standard InChI is InChI=1S/C15H22O3.Na/c1-3-5-6-12(4-2)11-18-15(17)13-7-9-14(16)10-8-13;/h7-10,12,16H,3-6,11H2,1-2H3;. The van der Waals surface area contributed by atoms with Gasteiger partial charge in [0.15, 0.2) is 0 Å². The molecule has 0 heterocycles. The summed E-state index contributed by atoms with van der Waals surface area (Å²) in [4.78, 5) is 11.7. The molecule has 0 bridgehead atoms. The molecule has 4 heteroatoms. The van der Waals surface area contributed by atoms with Crippen molar-refractivity contribution in [1.82, 2.24) is 0 Å². The van der Waals surface area contributed by atoms with Crippen LogP contribution in [0.25, 0.3) is 0 Å². The Bertz CT molecular complexity index is 362. The van der Waals surface area contributed by atoms with E-state index in [1.807, 2.05) is 0 Å². The van der Waals surface area contributed by atoms with Gasteiger partial charge < -0.3 is 9.84 Å². The molecule has 1 rings (SSSR count). The van der Waals surface area contributed by atoms with Crippen molar-refractivity contribution in [3.8, 4) is 5.75 Å². The van der Waals surface area contributed by atoms with Gasteiger partial charge in [-0.05, 0) is 36.6 Å². The third-order valence-electron chi connectivity index (χ3n) is 3.10. The molecule has 101 valence electrons. The molecule has 1 aromatic carbocycles. The van der Waals surface area contributed by atoms with Gasteiger partial charge in [-0.1, -0.05) is 33.1 Å². The van der Waals surface area contributed by atoms with Gasteiger partial charge in [0.1, 0.15) is 5.75 Å². The molecule has 1 unspecified atom stereocenters. The number of carbonyl (C=O) groups is 1. The number of benzene rings is 1. The molecular weight excluding hydrogens is 251 g/mol. The Morgan fingerprint density at radius 1 is 1.26 bits per heavy atom. The third-order valence-corrected chi connectivity index (χ3v) is 3.10. The van der Waals surface area contributed by atoms with Gasteiger partial charge >= 0.3 is 5.97 Å². The number of rotatable bonds is 7. The number of carbonyl (C=O) groups excluding carboxylic acids is 1. The summed E-state index contributed by atoms with van der Waals surface area (Å²) in [5, 5.41) is 9.14. The number of ether oxygens (including phenoxy) is 1. The Morgan fingerprint density at radius 3 is 2.42 bits per heavy atom. The summed E-state index contributed by atoms with van der Waals surface area (Å²) in [5.41, 5.74) is 0.484. The van der Waals surface area contributed by atoms with Crippen LogP contribution in [0, 0.1) is 5.92 Å². The molecule has 0 aliphatic rings. The van der Waals surface area contributed by atoms with Crippen LogP contribution in [-0.4, -0.2) is 47.2 Å². The van der Waals surface area contributed by atoms with E-state index in [0.717, 1.165) is 12.8 Å². The Morgan fingerprint density at radius 2 is 1.89 bits per heavy atom. The predicted molar refractivity (Wildman–Crippen MR) is 77.4 cm³/mol. The van der Waals surface area contributed by atoms with Gasteiger partial charge in [-0.15, -0.1) is 0 Å². The van der Waals surface area contributed by atoms with Crippen LogP contribution in [0.15, 0.2) is 24.3 Å². The number of phenolic OH excluding ortho intramolecular Hbond substituents is 1. The van der Waals surface area contributed by atoms with E-state index >= 15 is 0 Å². The van der Waals surface area contributed by atoms with Crippen LogP contribution in [0.2, 0.25) is 0 Å². The SMILES string of the molecule is CCCCC(CC)COC(=O)c1ccc(O)cc1.[Na]. The van der Waals surface area contributed by atoms with Crippen LogP contribution in [0.4, 0.5) is 0 Å². The van der Waals surface area contributed by atoms with Gasteiger partial charge in [0.25, 0.3) is 0 Å². The number of phenols is 1. The Hall–Kier alpha value is -0.510. The smallest absolute Gasteiger partial charge is 0.338 e. The van der Waals surface area contributed by atoms with Crippen molar-refractivity contribution in [1.29, 1.82) is 0 Å². The van der Waals surface area contributed by atoms with Gasteiger partial charge in [0, 0.05) is 29.6 Å². The first-order valence-electron chi connectivity index (χ1n) is 6.63. The number of esters is 1. The molecule has 0 aliphatic heterocycles. The second-order valence-electron chi connectivity index (χ2n) is 4.56. The van der Waals surface area contributed by atoms with Crippen molar-refractivity contribution < 1.29 is 14.6 Å². The molecule has 0 saturated carbocycles. The molecule has 1 N–H and O–H groups in total. The third kappa shape index (κ3) is 7.00. The van der Waals surface area contributed by atoms with Gasteiger partial charge in [-0.3, -0.25) is 0 Å². The molecule has 0 saturated heterocycles. The molecule has 1 radical (unpaired) electrons. The van der Waals surface area contributed by atoms with Crippen LogP contribution in [-0.2, 0) is 4.74 Å². The molecule has 1 aromatic rings. The molecule has 0 aromatic heterocycles. The van der Waals surface area contributed by atoms with Crippen molar-refractivity contribution >= 4 is 35.5 Å². The fourth-order valence-corrected chi connectivity index (χ4v) is 1.77. The molecule has 0 fully saturated rings. The van der Waals surface area contributed by atoms with Crippen LogP contribution in [0.5, 0.6) is 5.75 Å². The van der Waals surface area contributed by atoms with E-state index in [-0.39, 0.29) is 41.3 Å². The van der Waals surface area contributed by atoms with Crippen molar-refractivity contribution in [2.45, 2.75) is 39.5 Å². The van der Waals surface area contributed by atoms with Crippen molar-refractivity contribution in [3.05, 3.63) is 29.8 Å². The van der Waals surface area contributed by atoms with Crippen LogP contribution in [0.3, 0.4) is 0 Å². The molecular formula is C15H22NaO3. The van der Waals surface area contributed by atoms with Crippen molar-refractivity contribution in [3.63, 3.8) is 0 Å². The van der Waals surface area contributed by atoms with Crippen LogP contribution in [0.1, 0.15) is 49.9 Å². The number of hydrogen-bond donors (Lipinski definition) is 1. The summed E-state index contributed by atoms with van der Waals surface area (Å²) in [5.74, 6) is 0.289. The fourth-order valence-electron chi connectivity index (χ4n) is 1.77. The topological polar surface area (TPSA) is 46.5 Å². The summed E-state index contributed by atoms with van der Waals surface area (Å²) in [7, 11) is 0. The number of aromatic hydroxyl groups is 1. The first kappa shape index (κ1) is 18.5. The maximum atomic E-state index is 11.7. The van der Waals surface area contributed by atoms with Crippen molar-refractivity contribution in [2.75, 3.05) is 6.61 Å². The van der Waals surface area contributed by atoms with Crippen LogP contribution >= 0.6 is 0 Å². The normalized spacial score (nSPS) is 11.5. The molecule has 19 heavy (non-hydrogen) atoms. The zero-order chi connectivity index (χ0) is 13.4. The molecule has 0 amide bonds. The molecule has 1 atom stereocenters. The second-order valence-corrected chi connectivity index (χ2v) is 4.56. The van der Waals surface area contributed by atoms with E-state index in [1.54, 1.807) is 12.1 Å². The Balaban J connectivity index is 0.00000324. The van der Waals surface area contributed by atoms with Gasteiger partial charge in [-0.2, -0.15) is 0 Å². The maximum Gasteiger partial charge on any atom is 0.338 e. The van der Waals surface area contributed by atoms with E-state index in [1.165, 1.54) is 25.0 Å². The first-order valence-corrected chi connectivity index (χ1v) is 6.63. The zero-order valence-corrected chi connectivity index (χ0v) is 14.2. The predicted octanol–water partition coefficient (Wildman–Crippen LogP) is 3.38. The molecule has 3 nitrogen and oxygen atoms in total.